The van der Waals surface area contributed by atoms with Crippen molar-refractivity contribution in [2.75, 3.05) is 13.1 Å². The number of hydrogen-bond donors (Lipinski definition) is 2. The summed E-state index contributed by atoms with van der Waals surface area (Å²) in [5, 5.41) is 20.7. The Morgan fingerprint density at radius 1 is 1.12 bits per heavy atom. The molecule has 3 nitrogen and oxygen atoms in total. The van der Waals surface area contributed by atoms with Crippen molar-refractivity contribution in [1.82, 2.24) is 4.90 Å². The highest BCUT2D eigenvalue weighted by atomic mass is 16.3. The van der Waals surface area contributed by atoms with E-state index in [0.29, 0.717) is 5.92 Å². The molecular weight excluding hydrogens is 214 g/mol. The summed E-state index contributed by atoms with van der Waals surface area (Å²) in [5.74, 6) is 0.378. The summed E-state index contributed by atoms with van der Waals surface area (Å²) in [5.41, 5.74) is 0.907. The van der Waals surface area contributed by atoms with E-state index < -0.39 is 6.10 Å². The summed E-state index contributed by atoms with van der Waals surface area (Å²) in [6.07, 6.45) is 1.18. The van der Waals surface area contributed by atoms with E-state index in [1.165, 1.54) is 0 Å². The number of hydrogen-bond acceptors (Lipinski definition) is 3. The van der Waals surface area contributed by atoms with Gasteiger partial charge in [0, 0.05) is 0 Å². The molecule has 3 heteroatoms. The van der Waals surface area contributed by atoms with Gasteiger partial charge in [0.25, 0.3) is 0 Å². The van der Waals surface area contributed by atoms with Crippen LogP contribution in [0, 0.1) is 5.92 Å². The van der Waals surface area contributed by atoms with Crippen LogP contribution in [0.1, 0.15) is 24.5 Å². The van der Waals surface area contributed by atoms with Crippen LogP contribution in [0.15, 0.2) is 30.3 Å². The molecule has 3 saturated heterocycles. The third kappa shape index (κ3) is 1.88. The van der Waals surface area contributed by atoms with Gasteiger partial charge < -0.3 is 10.2 Å². The molecule has 0 amide bonds. The Morgan fingerprint density at radius 3 is 2.35 bits per heavy atom. The quantitative estimate of drug-likeness (QED) is 0.806. The van der Waals surface area contributed by atoms with Gasteiger partial charge in [-0.15, -0.1) is 0 Å². The highest BCUT2D eigenvalue weighted by molar-refractivity contribution is 5.20. The fourth-order valence-corrected chi connectivity index (χ4v) is 3.29. The first-order chi connectivity index (χ1) is 8.27. The van der Waals surface area contributed by atoms with Crippen molar-refractivity contribution >= 4 is 0 Å². The summed E-state index contributed by atoms with van der Waals surface area (Å²) in [4.78, 5) is 2.24. The van der Waals surface area contributed by atoms with E-state index in [9.17, 15) is 10.2 Å². The molecule has 3 heterocycles. The third-order valence-electron chi connectivity index (χ3n) is 4.29. The number of fused-ring (bicyclic) bond motifs is 3. The van der Waals surface area contributed by atoms with E-state index in [4.69, 9.17) is 0 Å². The molecule has 3 atom stereocenters. The first-order valence-corrected chi connectivity index (χ1v) is 6.42. The lowest BCUT2D eigenvalue weighted by Gasteiger charge is -2.50. The molecule has 2 N–H and O–H groups in total. The lowest BCUT2D eigenvalue weighted by molar-refractivity contribution is -0.116. The van der Waals surface area contributed by atoms with Gasteiger partial charge in [-0.1, -0.05) is 30.3 Å². The van der Waals surface area contributed by atoms with Crippen molar-refractivity contribution in [2.24, 2.45) is 5.92 Å². The minimum atomic E-state index is -0.575. The van der Waals surface area contributed by atoms with Crippen LogP contribution < -0.4 is 0 Å². The summed E-state index contributed by atoms with van der Waals surface area (Å²) in [7, 11) is 0. The SMILES string of the molecule is O[C@H](c1ccccc1)[C@H]1[C@H](O)C2CCN1CC2. The summed E-state index contributed by atoms with van der Waals surface area (Å²) in [6.45, 7) is 2.02. The zero-order valence-corrected chi connectivity index (χ0v) is 9.87. The van der Waals surface area contributed by atoms with Crippen molar-refractivity contribution in [1.29, 1.82) is 0 Å². The maximum Gasteiger partial charge on any atom is 0.0970 e. The molecule has 92 valence electrons. The largest absolute Gasteiger partial charge is 0.391 e. The Morgan fingerprint density at radius 2 is 1.76 bits per heavy atom. The summed E-state index contributed by atoms with van der Waals surface area (Å²) < 4.78 is 0. The Hall–Kier alpha value is -0.900. The van der Waals surface area contributed by atoms with E-state index in [1.54, 1.807) is 0 Å². The zero-order chi connectivity index (χ0) is 11.8. The van der Waals surface area contributed by atoms with Crippen LogP contribution in [0.5, 0.6) is 0 Å². The molecule has 1 aromatic carbocycles. The van der Waals surface area contributed by atoms with Crippen LogP contribution in [-0.2, 0) is 0 Å². The number of benzene rings is 1. The van der Waals surface area contributed by atoms with E-state index >= 15 is 0 Å². The lowest BCUT2D eigenvalue weighted by atomic mass is 9.77. The molecule has 3 fully saturated rings. The molecule has 2 bridgehead atoms. The van der Waals surface area contributed by atoms with Crippen molar-refractivity contribution in [2.45, 2.75) is 31.1 Å². The average molecular weight is 233 g/mol. The molecule has 17 heavy (non-hydrogen) atoms. The van der Waals surface area contributed by atoms with Crippen LogP contribution in [0.25, 0.3) is 0 Å². The Kier molecular flexibility index (Phi) is 2.90. The second kappa shape index (κ2) is 4.41. The number of nitrogens with zero attached hydrogens (tertiary/aromatic N) is 1. The molecule has 0 spiro atoms. The second-order valence-electron chi connectivity index (χ2n) is 5.21. The predicted octanol–water partition coefficient (Wildman–Crippen LogP) is 1.18. The van der Waals surface area contributed by atoms with Crippen LogP contribution >= 0.6 is 0 Å². The van der Waals surface area contributed by atoms with E-state index in [0.717, 1.165) is 31.5 Å². The molecule has 0 unspecified atom stereocenters. The molecule has 0 aliphatic carbocycles. The summed E-state index contributed by atoms with van der Waals surface area (Å²) in [6, 6.07) is 9.55. The minimum Gasteiger partial charge on any atom is -0.391 e. The van der Waals surface area contributed by atoms with Gasteiger partial charge in [-0.2, -0.15) is 0 Å². The first-order valence-electron chi connectivity index (χ1n) is 6.42. The first kappa shape index (κ1) is 11.2. The molecule has 0 saturated carbocycles. The fraction of sp³-hybridized carbons (Fsp3) is 0.571. The van der Waals surface area contributed by atoms with E-state index in [2.05, 4.69) is 4.90 Å². The molecular formula is C14H19NO2. The molecule has 4 rings (SSSR count). The van der Waals surface area contributed by atoms with Crippen LogP contribution in [0.3, 0.4) is 0 Å². The van der Waals surface area contributed by atoms with Gasteiger partial charge in [-0.25, -0.2) is 0 Å². The van der Waals surface area contributed by atoms with Crippen molar-refractivity contribution in [3.63, 3.8) is 0 Å². The van der Waals surface area contributed by atoms with Gasteiger partial charge in [0.1, 0.15) is 0 Å². The van der Waals surface area contributed by atoms with Crippen molar-refractivity contribution in [3.8, 4) is 0 Å². The van der Waals surface area contributed by atoms with Gasteiger partial charge in [-0.3, -0.25) is 4.90 Å². The highest BCUT2D eigenvalue weighted by Crippen LogP contribution is 2.37. The molecule has 0 radical (unpaired) electrons. The fourth-order valence-electron chi connectivity index (χ4n) is 3.29. The number of piperidine rings is 3. The highest BCUT2D eigenvalue weighted by Gasteiger charge is 2.44. The smallest absolute Gasteiger partial charge is 0.0970 e. The van der Waals surface area contributed by atoms with Gasteiger partial charge in [0.05, 0.1) is 18.2 Å². The molecule has 3 aliphatic heterocycles. The summed E-state index contributed by atoms with van der Waals surface area (Å²) >= 11 is 0. The van der Waals surface area contributed by atoms with Crippen molar-refractivity contribution < 1.29 is 10.2 Å². The Bertz CT molecular complexity index is 371. The normalized spacial score (nSPS) is 38.0. The van der Waals surface area contributed by atoms with Gasteiger partial charge in [-0.05, 0) is 37.4 Å². The second-order valence-corrected chi connectivity index (χ2v) is 5.21. The molecule has 0 aromatic heterocycles. The van der Waals surface area contributed by atoms with Gasteiger partial charge in [0.2, 0.25) is 0 Å². The Labute approximate surface area is 102 Å². The Balaban J connectivity index is 1.84. The van der Waals surface area contributed by atoms with Crippen molar-refractivity contribution in [3.05, 3.63) is 35.9 Å². The molecule has 1 aromatic rings. The van der Waals surface area contributed by atoms with Crippen LogP contribution in [0.4, 0.5) is 0 Å². The monoisotopic (exact) mass is 233 g/mol. The predicted molar refractivity (Wildman–Crippen MR) is 65.5 cm³/mol. The van der Waals surface area contributed by atoms with Crippen LogP contribution in [0.2, 0.25) is 0 Å². The maximum atomic E-state index is 10.4. The minimum absolute atomic E-state index is 0.120. The number of aliphatic hydroxyl groups excluding tert-OH is 2. The zero-order valence-electron chi connectivity index (χ0n) is 9.87. The standard InChI is InChI=1S/C14H19NO2/c16-13(10-4-2-1-3-5-10)12-14(17)11-6-8-15(12)9-7-11/h1-5,11-14,16-17H,6-9H2/t12-,13+,14+/m0/s1. The molecule has 3 aliphatic rings. The lowest BCUT2D eigenvalue weighted by Crippen LogP contribution is -2.59. The van der Waals surface area contributed by atoms with E-state index in [-0.39, 0.29) is 12.1 Å². The average Bonchev–Trinajstić information content (AvgIpc) is 2.40. The number of rotatable bonds is 2. The topological polar surface area (TPSA) is 43.7 Å². The number of aliphatic hydroxyl groups is 2. The third-order valence-corrected chi connectivity index (χ3v) is 4.29. The maximum absolute atomic E-state index is 10.4. The van der Waals surface area contributed by atoms with Gasteiger partial charge in [0.15, 0.2) is 0 Å². The van der Waals surface area contributed by atoms with E-state index in [1.807, 2.05) is 30.3 Å². The van der Waals surface area contributed by atoms with Gasteiger partial charge >= 0.3 is 0 Å². The van der Waals surface area contributed by atoms with Crippen LogP contribution in [-0.4, -0.2) is 40.3 Å².